The molecule has 0 saturated carbocycles. The third-order valence-corrected chi connectivity index (χ3v) is 3.50. The van der Waals surface area contributed by atoms with Crippen LogP contribution in [0, 0.1) is 5.92 Å². The maximum atomic E-state index is 12.1. The average molecular weight is 271 g/mol. The molecule has 0 unspecified atom stereocenters. The van der Waals surface area contributed by atoms with E-state index in [9.17, 15) is 4.79 Å². The molecule has 1 heterocycles. The Morgan fingerprint density at radius 3 is 2.50 bits per heavy atom. The van der Waals surface area contributed by atoms with E-state index in [4.69, 9.17) is 0 Å². The lowest BCUT2D eigenvalue weighted by molar-refractivity contribution is 0.0930. The van der Waals surface area contributed by atoms with Gasteiger partial charge in [-0.3, -0.25) is 4.79 Å². The van der Waals surface area contributed by atoms with Crippen LogP contribution in [0.25, 0.3) is 0 Å². The molecule has 0 aliphatic rings. The van der Waals surface area contributed by atoms with E-state index in [1.807, 2.05) is 42.0 Å². The lowest BCUT2D eigenvalue weighted by Gasteiger charge is -2.17. The number of nitrogens with zero attached hydrogens (tertiary/aromatic N) is 2. The first-order chi connectivity index (χ1) is 9.56. The molecule has 0 radical (unpaired) electrons. The van der Waals surface area contributed by atoms with Gasteiger partial charge in [0.1, 0.15) is 0 Å². The van der Waals surface area contributed by atoms with Crippen molar-refractivity contribution in [1.82, 2.24) is 14.9 Å². The van der Waals surface area contributed by atoms with Crippen LogP contribution in [0.1, 0.15) is 36.7 Å². The molecule has 0 bridgehead atoms. The third-order valence-electron chi connectivity index (χ3n) is 3.50. The van der Waals surface area contributed by atoms with Crippen molar-refractivity contribution in [1.29, 1.82) is 0 Å². The number of hydrogen-bond acceptors (Lipinski definition) is 2. The second kappa shape index (κ2) is 6.37. The van der Waals surface area contributed by atoms with Crippen LogP contribution < -0.4 is 5.32 Å². The molecule has 0 saturated heterocycles. The molecule has 1 aromatic heterocycles. The summed E-state index contributed by atoms with van der Waals surface area (Å²) in [6.45, 7) is 6.98. The van der Waals surface area contributed by atoms with E-state index in [2.05, 4.69) is 24.1 Å². The van der Waals surface area contributed by atoms with Crippen molar-refractivity contribution in [2.75, 3.05) is 0 Å². The van der Waals surface area contributed by atoms with E-state index in [-0.39, 0.29) is 11.9 Å². The van der Waals surface area contributed by atoms with Crippen LogP contribution in [-0.2, 0) is 6.54 Å². The summed E-state index contributed by atoms with van der Waals surface area (Å²) in [6.07, 6.45) is 5.46. The Morgan fingerprint density at radius 1 is 1.25 bits per heavy atom. The molecule has 1 amide bonds. The minimum Gasteiger partial charge on any atom is -0.349 e. The van der Waals surface area contributed by atoms with Crippen LogP contribution in [0.15, 0.2) is 43.0 Å². The molecule has 2 rings (SSSR count). The monoisotopic (exact) mass is 271 g/mol. The second-order valence-corrected chi connectivity index (χ2v) is 5.44. The fraction of sp³-hybridized carbons (Fsp3) is 0.375. The molecule has 0 spiro atoms. The van der Waals surface area contributed by atoms with Crippen molar-refractivity contribution in [3.05, 3.63) is 54.1 Å². The highest BCUT2D eigenvalue weighted by Gasteiger charge is 2.12. The van der Waals surface area contributed by atoms with Gasteiger partial charge >= 0.3 is 0 Å². The van der Waals surface area contributed by atoms with Crippen LogP contribution in [0.2, 0.25) is 0 Å². The first-order valence-corrected chi connectivity index (χ1v) is 6.92. The maximum Gasteiger partial charge on any atom is 0.251 e. The number of carbonyl (C=O) groups excluding carboxylic acids is 1. The number of rotatable bonds is 5. The van der Waals surface area contributed by atoms with Gasteiger partial charge in [0, 0.05) is 30.5 Å². The smallest absolute Gasteiger partial charge is 0.251 e. The van der Waals surface area contributed by atoms with Crippen molar-refractivity contribution >= 4 is 5.91 Å². The summed E-state index contributed by atoms with van der Waals surface area (Å²) in [5, 5.41) is 3.01. The standard InChI is InChI=1S/C16H21N3O/c1-12(2)13(3)18-16(20)15-6-4-14(5-7-15)10-19-9-8-17-11-19/h4-9,11-13H,10H2,1-3H3,(H,18,20)/t13-/m1/s1. The Labute approximate surface area is 119 Å². The molecule has 0 aliphatic carbocycles. The second-order valence-electron chi connectivity index (χ2n) is 5.44. The van der Waals surface area contributed by atoms with Gasteiger partial charge in [-0.05, 0) is 30.5 Å². The van der Waals surface area contributed by atoms with Crippen LogP contribution in [0.3, 0.4) is 0 Å². The minimum atomic E-state index is -0.0135. The van der Waals surface area contributed by atoms with Crippen LogP contribution in [0.4, 0.5) is 0 Å². The lowest BCUT2D eigenvalue weighted by atomic mass is 10.1. The predicted molar refractivity (Wildman–Crippen MR) is 79.5 cm³/mol. The van der Waals surface area contributed by atoms with Gasteiger partial charge in [0.05, 0.1) is 6.33 Å². The van der Waals surface area contributed by atoms with E-state index in [0.717, 1.165) is 12.1 Å². The molecular formula is C16H21N3O. The number of imidazole rings is 1. The predicted octanol–water partition coefficient (Wildman–Crippen LogP) is 2.71. The third kappa shape index (κ3) is 3.70. The number of benzene rings is 1. The zero-order valence-electron chi connectivity index (χ0n) is 12.2. The van der Waals surface area contributed by atoms with Crippen molar-refractivity contribution in [2.45, 2.75) is 33.4 Å². The van der Waals surface area contributed by atoms with Gasteiger partial charge in [-0.25, -0.2) is 4.98 Å². The highest BCUT2D eigenvalue weighted by Crippen LogP contribution is 2.08. The van der Waals surface area contributed by atoms with Gasteiger partial charge in [0.25, 0.3) is 5.91 Å². The Bertz CT molecular complexity index is 544. The van der Waals surface area contributed by atoms with Crippen molar-refractivity contribution in [3.8, 4) is 0 Å². The van der Waals surface area contributed by atoms with Crippen molar-refractivity contribution in [3.63, 3.8) is 0 Å². The van der Waals surface area contributed by atoms with E-state index in [1.54, 1.807) is 12.5 Å². The van der Waals surface area contributed by atoms with Gasteiger partial charge in [-0.1, -0.05) is 26.0 Å². The minimum absolute atomic E-state index is 0.0135. The zero-order chi connectivity index (χ0) is 14.5. The van der Waals surface area contributed by atoms with E-state index in [0.29, 0.717) is 11.5 Å². The van der Waals surface area contributed by atoms with Crippen molar-refractivity contribution < 1.29 is 4.79 Å². The fourth-order valence-electron chi connectivity index (χ4n) is 1.81. The molecule has 0 aliphatic heterocycles. The maximum absolute atomic E-state index is 12.1. The molecule has 1 aromatic carbocycles. The Kier molecular flexibility index (Phi) is 4.56. The molecule has 1 atom stereocenters. The largest absolute Gasteiger partial charge is 0.349 e. The Hall–Kier alpha value is -2.10. The number of nitrogens with one attached hydrogen (secondary N) is 1. The van der Waals surface area contributed by atoms with Crippen LogP contribution in [0.5, 0.6) is 0 Å². The Balaban J connectivity index is 1.99. The summed E-state index contributed by atoms with van der Waals surface area (Å²) in [6, 6.07) is 7.88. The fourth-order valence-corrected chi connectivity index (χ4v) is 1.81. The number of hydrogen-bond donors (Lipinski definition) is 1. The summed E-state index contributed by atoms with van der Waals surface area (Å²) >= 11 is 0. The van der Waals surface area contributed by atoms with E-state index in [1.165, 1.54) is 0 Å². The van der Waals surface area contributed by atoms with Crippen LogP contribution in [-0.4, -0.2) is 21.5 Å². The summed E-state index contributed by atoms with van der Waals surface area (Å²) in [7, 11) is 0. The van der Waals surface area contributed by atoms with Gasteiger partial charge in [0.2, 0.25) is 0 Å². The van der Waals surface area contributed by atoms with Crippen LogP contribution >= 0.6 is 0 Å². The van der Waals surface area contributed by atoms with Gasteiger partial charge in [-0.2, -0.15) is 0 Å². The number of amides is 1. The SMILES string of the molecule is CC(C)[C@@H](C)NC(=O)c1ccc(Cn2ccnc2)cc1. The molecular weight excluding hydrogens is 250 g/mol. The number of carbonyl (C=O) groups is 1. The number of aromatic nitrogens is 2. The normalized spacial score (nSPS) is 12.4. The summed E-state index contributed by atoms with van der Waals surface area (Å²) in [5.74, 6) is 0.417. The van der Waals surface area contributed by atoms with Crippen molar-refractivity contribution in [2.24, 2.45) is 5.92 Å². The highest BCUT2D eigenvalue weighted by molar-refractivity contribution is 5.94. The average Bonchev–Trinajstić information content (AvgIpc) is 2.92. The summed E-state index contributed by atoms with van der Waals surface area (Å²) in [4.78, 5) is 16.1. The first kappa shape index (κ1) is 14.3. The first-order valence-electron chi connectivity index (χ1n) is 6.92. The summed E-state index contributed by atoms with van der Waals surface area (Å²) < 4.78 is 2.00. The molecule has 20 heavy (non-hydrogen) atoms. The highest BCUT2D eigenvalue weighted by atomic mass is 16.1. The van der Waals surface area contributed by atoms with Gasteiger partial charge in [0.15, 0.2) is 0 Å². The zero-order valence-corrected chi connectivity index (χ0v) is 12.2. The van der Waals surface area contributed by atoms with E-state index >= 15 is 0 Å². The molecule has 2 aromatic rings. The lowest BCUT2D eigenvalue weighted by Crippen LogP contribution is -2.36. The van der Waals surface area contributed by atoms with Gasteiger partial charge in [-0.15, -0.1) is 0 Å². The summed E-state index contributed by atoms with van der Waals surface area (Å²) in [5.41, 5.74) is 1.85. The quantitative estimate of drug-likeness (QED) is 0.909. The van der Waals surface area contributed by atoms with E-state index < -0.39 is 0 Å². The Morgan fingerprint density at radius 2 is 1.95 bits per heavy atom. The molecule has 0 fully saturated rings. The topological polar surface area (TPSA) is 46.9 Å². The molecule has 4 nitrogen and oxygen atoms in total. The molecule has 1 N–H and O–H groups in total. The van der Waals surface area contributed by atoms with Gasteiger partial charge < -0.3 is 9.88 Å². The molecule has 106 valence electrons. The molecule has 4 heteroatoms.